The Bertz CT molecular complexity index is 774. The van der Waals surface area contributed by atoms with Crippen molar-refractivity contribution in [3.05, 3.63) is 54.2 Å². The van der Waals surface area contributed by atoms with E-state index in [1.807, 2.05) is 18.2 Å². The average molecular weight is 297 g/mol. The van der Waals surface area contributed by atoms with E-state index >= 15 is 0 Å². The van der Waals surface area contributed by atoms with Gasteiger partial charge in [0.25, 0.3) is 5.91 Å². The highest BCUT2D eigenvalue weighted by Gasteiger charge is 2.18. The molecule has 0 saturated heterocycles. The number of aryl methyl sites for hydroxylation is 1. The minimum atomic E-state index is -0.139. The van der Waals surface area contributed by atoms with Gasteiger partial charge in [0.2, 0.25) is 0 Å². The molecule has 0 aliphatic rings. The molecule has 0 bridgehead atoms. The molecule has 114 valence electrons. The van der Waals surface area contributed by atoms with E-state index in [9.17, 15) is 4.79 Å². The average Bonchev–Trinajstić information content (AvgIpc) is 3.16. The van der Waals surface area contributed by atoms with Gasteiger partial charge in [0, 0.05) is 13.6 Å². The maximum atomic E-state index is 12.3. The van der Waals surface area contributed by atoms with Crippen molar-refractivity contribution in [2.75, 3.05) is 7.05 Å². The molecule has 0 aliphatic heterocycles. The van der Waals surface area contributed by atoms with E-state index in [-0.39, 0.29) is 5.91 Å². The standard InChI is InChI=1S/C17H19N3O2/c1-3-10-20-14-8-5-4-7-13(14)18-16(20)12-19(2)17(21)15-9-6-11-22-15/h4-9,11H,3,10,12H2,1-2H3. The van der Waals surface area contributed by atoms with Crippen LogP contribution in [-0.2, 0) is 13.1 Å². The van der Waals surface area contributed by atoms with Crippen LogP contribution in [0.1, 0.15) is 29.7 Å². The summed E-state index contributed by atoms with van der Waals surface area (Å²) < 4.78 is 7.35. The molecule has 2 heterocycles. The molecule has 0 aliphatic carbocycles. The van der Waals surface area contributed by atoms with Gasteiger partial charge in [-0.1, -0.05) is 19.1 Å². The van der Waals surface area contributed by atoms with Crippen LogP contribution in [0.2, 0.25) is 0 Å². The number of fused-ring (bicyclic) bond motifs is 1. The van der Waals surface area contributed by atoms with Crippen molar-refractivity contribution in [1.29, 1.82) is 0 Å². The Hall–Kier alpha value is -2.56. The molecule has 3 rings (SSSR count). The molecule has 1 aromatic carbocycles. The van der Waals surface area contributed by atoms with E-state index in [4.69, 9.17) is 4.42 Å². The number of aromatic nitrogens is 2. The summed E-state index contributed by atoms with van der Waals surface area (Å²) in [5.74, 6) is 1.10. The molecule has 1 amide bonds. The number of carbonyl (C=O) groups is 1. The minimum Gasteiger partial charge on any atom is -0.459 e. The summed E-state index contributed by atoms with van der Waals surface area (Å²) in [6.45, 7) is 3.48. The number of para-hydroxylation sites is 2. The van der Waals surface area contributed by atoms with Gasteiger partial charge >= 0.3 is 0 Å². The number of benzene rings is 1. The zero-order chi connectivity index (χ0) is 15.5. The SMILES string of the molecule is CCCn1c(CN(C)C(=O)c2ccco2)nc2ccccc21. The van der Waals surface area contributed by atoms with Gasteiger partial charge in [-0.2, -0.15) is 0 Å². The molecule has 0 radical (unpaired) electrons. The molecule has 0 unspecified atom stereocenters. The fourth-order valence-corrected chi connectivity index (χ4v) is 2.59. The Morgan fingerprint density at radius 2 is 2.09 bits per heavy atom. The predicted octanol–water partition coefficient (Wildman–Crippen LogP) is 3.31. The van der Waals surface area contributed by atoms with Crippen LogP contribution in [0, 0.1) is 0 Å². The molecule has 0 atom stereocenters. The number of hydrogen-bond acceptors (Lipinski definition) is 3. The molecule has 3 aromatic rings. The van der Waals surface area contributed by atoms with Gasteiger partial charge < -0.3 is 13.9 Å². The zero-order valence-corrected chi connectivity index (χ0v) is 12.8. The van der Waals surface area contributed by atoms with Gasteiger partial charge in [0.1, 0.15) is 5.82 Å². The molecule has 0 spiro atoms. The van der Waals surface area contributed by atoms with Gasteiger partial charge in [0.15, 0.2) is 5.76 Å². The predicted molar refractivity (Wildman–Crippen MR) is 84.5 cm³/mol. The van der Waals surface area contributed by atoms with E-state index in [2.05, 4.69) is 22.5 Å². The summed E-state index contributed by atoms with van der Waals surface area (Å²) in [6, 6.07) is 11.4. The van der Waals surface area contributed by atoms with Crippen LogP contribution in [-0.4, -0.2) is 27.4 Å². The Morgan fingerprint density at radius 1 is 1.27 bits per heavy atom. The topological polar surface area (TPSA) is 51.3 Å². The number of imidazole rings is 1. The van der Waals surface area contributed by atoms with E-state index in [1.54, 1.807) is 24.1 Å². The molecule has 22 heavy (non-hydrogen) atoms. The normalized spacial score (nSPS) is 11.0. The van der Waals surface area contributed by atoms with Crippen LogP contribution < -0.4 is 0 Å². The number of carbonyl (C=O) groups excluding carboxylic acids is 1. The quantitative estimate of drug-likeness (QED) is 0.726. The Labute approximate surface area is 129 Å². The van der Waals surface area contributed by atoms with E-state index in [0.717, 1.165) is 29.8 Å². The van der Waals surface area contributed by atoms with Crippen molar-refractivity contribution < 1.29 is 9.21 Å². The minimum absolute atomic E-state index is 0.139. The second-order valence-corrected chi connectivity index (χ2v) is 5.31. The summed E-state index contributed by atoms with van der Waals surface area (Å²) in [5.41, 5.74) is 2.07. The summed E-state index contributed by atoms with van der Waals surface area (Å²) in [5, 5.41) is 0. The van der Waals surface area contributed by atoms with Crippen molar-refractivity contribution in [3.63, 3.8) is 0 Å². The summed E-state index contributed by atoms with van der Waals surface area (Å²) in [4.78, 5) is 18.6. The maximum absolute atomic E-state index is 12.3. The summed E-state index contributed by atoms with van der Waals surface area (Å²) in [6.07, 6.45) is 2.52. The first-order chi connectivity index (χ1) is 10.7. The molecule has 5 heteroatoms. The van der Waals surface area contributed by atoms with Gasteiger partial charge in [0.05, 0.1) is 23.8 Å². The smallest absolute Gasteiger partial charge is 0.289 e. The van der Waals surface area contributed by atoms with E-state index < -0.39 is 0 Å². The highest BCUT2D eigenvalue weighted by Crippen LogP contribution is 2.18. The van der Waals surface area contributed by atoms with Crippen molar-refractivity contribution in [2.45, 2.75) is 26.4 Å². The van der Waals surface area contributed by atoms with E-state index in [0.29, 0.717) is 12.3 Å². The number of furan rings is 1. The van der Waals surface area contributed by atoms with Crippen LogP contribution in [0.3, 0.4) is 0 Å². The molecular weight excluding hydrogens is 278 g/mol. The van der Waals surface area contributed by atoms with Crippen LogP contribution in [0.25, 0.3) is 11.0 Å². The van der Waals surface area contributed by atoms with Crippen molar-refractivity contribution in [1.82, 2.24) is 14.5 Å². The number of nitrogens with zero attached hydrogens (tertiary/aromatic N) is 3. The first-order valence-electron chi connectivity index (χ1n) is 7.44. The van der Waals surface area contributed by atoms with Crippen LogP contribution in [0.4, 0.5) is 0 Å². The Kier molecular flexibility index (Phi) is 3.96. The second kappa shape index (κ2) is 6.05. The highest BCUT2D eigenvalue weighted by atomic mass is 16.3. The molecule has 2 aromatic heterocycles. The third-order valence-electron chi connectivity index (χ3n) is 3.64. The van der Waals surface area contributed by atoms with Gasteiger partial charge in [-0.15, -0.1) is 0 Å². The molecule has 0 N–H and O–H groups in total. The Morgan fingerprint density at radius 3 is 2.82 bits per heavy atom. The van der Waals surface area contributed by atoms with Crippen LogP contribution in [0.15, 0.2) is 47.1 Å². The first-order valence-corrected chi connectivity index (χ1v) is 7.44. The van der Waals surface area contributed by atoms with E-state index in [1.165, 1.54) is 6.26 Å². The molecular formula is C17H19N3O2. The third-order valence-corrected chi connectivity index (χ3v) is 3.64. The van der Waals surface area contributed by atoms with Gasteiger partial charge in [-0.25, -0.2) is 4.98 Å². The number of rotatable bonds is 5. The fourth-order valence-electron chi connectivity index (χ4n) is 2.59. The third kappa shape index (κ3) is 2.62. The Balaban J connectivity index is 1.89. The van der Waals surface area contributed by atoms with Crippen LogP contribution in [0.5, 0.6) is 0 Å². The monoisotopic (exact) mass is 297 g/mol. The van der Waals surface area contributed by atoms with Gasteiger partial charge in [-0.3, -0.25) is 4.79 Å². The lowest BCUT2D eigenvalue weighted by Crippen LogP contribution is -2.27. The molecule has 0 fully saturated rings. The van der Waals surface area contributed by atoms with Crippen molar-refractivity contribution in [3.8, 4) is 0 Å². The maximum Gasteiger partial charge on any atom is 0.289 e. The lowest BCUT2D eigenvalue weighted by atomic mass is 10.3. The highest BCUT2D eigenvalue weighted by molar-refractivity contribution is 5.91. The number of hydrogen-bond donors (Lipinski definition) is 0. The summed E-state index contributed by atoms with van der Waals surface area (Å²) in [7, 11) is 1.76. The molecule has 5 nitrogen and oxygen atoms in total. The van der Waals surface area contributed by atoms with Crippen LogP contribution >= 0.6 is 0 Å². The first kappa shape index (κ1) is 14.4. The molecule has 0 saturated carbocycles. The fraction of sp³-hybridized carbons (Fsp3) is 0.294. The second-order valence-electron chi connectivity index (χ2n) is 5.31. The summed E-state index contributed by atoms with van der Waals surface area (Å²) >= 11 is 0. The lowest BCUT2D eigenvalue weighted by Gasteiger charge is -2.16. The zero-order valence-electron chi connectivity index (χ0n) is 12.8. The number of amides is 1. The van der Waals surface area contributed by atoms with Gasteiger partial charge in [-0.05, 0) is 30.7 Å². The largest absolute Gasteiger partial charge is 0.459 e. The lowest BCUT2D eigenvalue weighted by molar-refractivity contribution is 0.0748. The van der Waals surface area contributed by atoms with Crippen molar-refractivity contribution in [2.24, 2.45) is 0 Å². The van der Waals surface area contributed by atoms with Crippen molar-refractivity contribution >= 4 is 16.9 Å².